The van der Waals surface area contributed by atoms with Gasteiger partial charge in [-0.25, -0.2) is 24.3 Å². The number of phosphoric ester groups is 1. The fraction of sp³-hybridized carbons (Fsp3) is 0.545. The van der Waals surface area contributed by atoms with Gasteiger partial charge in [-0.15, -0.1) is 0 Å². The number of nitrogen functional groups attached to an aromatic ring is 1. The fourth-order valence-corrected chi connectivity index (χ4v) is 5.77. The number of imidazole rings is 1. The second kappa shape index (κ2) is 12.2. The van der Waals surface area contributed by atoms with Crippen molar-refractivity contribution in [2.45, 2.75) is 56.3 Å². The molecular formula is C22H29N8O12P. The van der Waals surface area contributed by atoms with Gasteiger partial charge in [-0.3, -0.25) is 32.8 Å². The van der Waals surface area contributed by atoms with E-state index in [1.807, 2.05) is 0 Å². The Morgan fingerprint density at radius 1 is 1.21 bits per heavy atom. The van der Waals surface area contributed by atoms with E-state index in [1.54, 1.807) is 0 Å². The van der Waals surface area contributed by atoms with Crippen molar-refractivity contribution in [3.8, 4) is 0 Å². The zero-order valence-corrected chi connectivity index (χ0v) is 23.4. The number of aryl methyl sites for hydroxylation is 1. The number of ether oxygens (including phenoxy) is 3. The summed E-state index contributed by atoms with van der Waals surface area (Å²) in [6.07, 6.45) is -5.02. The molecular weight excluding hydrogens is 599 g/mol. The Kier molecular flexibility index (Phi) is 8.75. The Bertz CT molecular complexity index is 1660. The Hall–Kier alpha value is -3.59. The summed E-state index contributed by atoms with van der Waals surface area (Å²) in [6, 6.07) is 0. The van der Waals surface area contributed by atoms with Crippen LogP contribution in [-0.2, 0) is 32.6 Å². The first kappa shape index (κ1) is 30.9. The molecule has 2 fully saturated rings. The Balaban J connectivity index is 1.32. The number of aromatic amines is 1. The van der Waals surface area contributed by atoms with Crippen LogP contribution in [0.15, 0.2) is 28.4 Å². The minimum Gasteiger partial charge on any atom is -0.394 e. The van der Waals surface area contributed by atoms with Crippen LogP contribution in [0.1, 0.15) is 24.4 Å². The molecule has 2 aliphatic rings. The molecule has 43 heavy (non-hydrogen) atoms. The molecule has 1 amide bonds. The van der Waals surface area contributed by atoms with E-state index in [9.17, 15) is 34.1 Å². The number of aliphatic hydroxyl groups is 2. The lowest BCUT2D eigenvalue weighted by Crippen LogP contribution is -2.39. The van der Waals surface area contributed by atoms with Gasteiger partial charge in [-0.2, -0.15) is 0 Å². The van der Waals surface area contributed by atoms with Gasteiger partial charge in [0.2, 0.25) is 5.91 Å². The van der Waals surface area contributed by atoms with E-state index in [-0.39, 0.29) is 29.0 Å². The first-order chi connectivity index (χ1) is 20.4. The monoisotopic (exact) mass is 628 g/mol. The zero-order chi connectivity index (χ0) is 31.1. The highest BCUT2D eigenvalue weighted by molar-refractivity contribution is 7.47. The highest BCUT2D eigenvalue weighted by atomic mass is 31.2. The van der Waals surface area contributed by atoms with Gasteiger partial charge in [0.15, 0.2) is 17.7 Å². The summed E-state index contributed by atoms with van der Waals surface area (Å²) >= 11 is 0. The molecule has 3 aromatic rings. The molecule has 20 nitrogen and oxygen atoms in total. The van der Waals surface area contributed by atoms with Crippen LogP contribution < -0.4 is 22.7 Å². The molecule has 1 unspecified atom stereocenters. The first-order valence-electron chi connectivity index (χ1n) is 12.8. The second-order valence-corrected chi connectivity index (χ2v) is 11.2. The van der Waals surface area contributed by atoms with Gasteiger partial charge < -0.3 is 40.8 Å². The average molecular weight is 628 g/mol. The number of rotatable bonds is 11. The maximum atomic E-state index is 13.1. The molecule has 8 atom stereocenters. The lowest BCUT2D eigenvalue weighted by atomic mass is 10.1. The summed E-state index contributed by atoms with van der Waals surface area (Å²) in [4.78, 5) is 60.2. The predicted molar refractivity (Wildman–Crippen MR) is 141 cm³/mol. The number of H-pyrrole nitrogens is 1. The third-order valence-corrected chi connectivity index (χ3v) is 7.85. The molecule has 0 saturated carbocycles. The third kappa shape index (κ3) is 6.37. The number of fused-ring (bicyclic) bond motifs is 1. The number of hydrogen-bond acceptors (Lipinski definition) is 15. The van der Waals surface area contributed by atoms with E-state index in [1.165, 1.54) is 30.3 Å². The normalized spacial score (nSPS) is 28.8. The van der Waals surface area contributed by atoms with E-state index in [4.69, 9.17) is 34.7 Å². The summed E-state index contributed by atoms with van der Waals surface area (Å²) in [7, 11) is -5.00. The van der Waals surface area contributed by atoms with Crippen LogP contribution in [-0.4, -0.2) is 100 Å². The largest absolute Gasteiger partial charge is 0.472 e. The molecule has 0 spiro atoms. The van der Waals surface area contributed by atoms with Gasteiger partial charge in [0.05, 0.1) is 25.6 Å². The summed E-state index contributed by atoms with van der Waals surface area (Å²) in [6.45, 7) is -0.523. The van der Waals surface area contributed by atoms with Gasteiger partial charge in [0.25, 0.3) is 5.56 Å². The van der Waals surface area contributed by atoms with Gasteiger partial charge in [-0.05, 0) is 6.92 Å². The Labute approximate surface area is 240 Å². The van der Waals surface area contributed by atoms with Gasteiger partial charge in [-0.1, -0.05) is 0 Å². The number of hydrogen-bond donors (Lipinski definition) is 6. The van der Waals surface area contributed by atoms with Gasteiger partial charge in [0, 0.05) is 18.2 Å². The molecule has 0 aromatic carbocycles. The molecule has 8 N–H and O–H groups in total. The van der Waals surface area contributed by atoms with Crippen molar-refractivity contribution >= 4 is 30.7 Å². The number of carbonyl (C=O) groups excluding carboxylic acids is 1. The van der Waals surface area contributed by atoms with Crippen LogP contribution in [0.2, 0.25) is 0 Å². The van der Waals surface area contributed by atoms with Gasteiger partial charge >= 0.3 is 13.5 Å². The maximum absolute atomic E-state index is 13.1. The summed E-state index contributed by atoms with van der Waals surface area (Å²) in [5.74, 6) is -0.801. The number of nitrogens with one attached hydrogen (secondary N) is 1. The number of primary amides is 1. The molecule has 5 rings (SSSR count). The Morgan fingerprint density at radius 2 is 1.98 bits per heavy atom. The quantitative estimate of drug-likeness (QED) is 0.117. The van der Waals surface area contributed by atoms with Crippen LogP contribution in [0.5, 0.6) is 0 Å². The molecule has 3 aromatic heterocycles. The first-order valence-corrected chi connectivity index (χ1v) is 14.3. The number of phosphoric acid groups is 1. The molecule has 21 heteroatoms. The summed E-state index contributed by atoms with van der Waals surface area (Å²) < 4.78 is 43.1. The molecule has 5 heterocycles. The van der Waals surface area contributed by atoms with Crippen LogP contribution >= 0.6 is 7.82 Å². The number of anilines is 1. The molecule has 2 saturated heterocycles. The number of nitrogens with two attached hydrogens (primary N) is 2. The Morgan fingerprint density at radius 3 is 2.70 bits per heavy atom. The molecule has 0 aliphatic carbocycles. The van der Waals surface area contributed by atoms with Crippen molar-refractivity contribution in [3.63, 3.8) is 0 Å². The van der Waals surface area contributed by atoms with Crippen molar-refractivity contribution in [1.82, 2.24) is 29.1 Å². The topological polar surface area (TPSA) is 291 Å². The smallest absolute Gasteiger partial charge is 0.394 e. The minimum atomic E-state index is -5.00. The number of amides is 1. The van der Waals surface area contributed by atoms with Crippen molar-refractivity contribution in [1.29, 1.82) is 0 Å². The fourth-order valence-electron chi connectivity index (χ4n) is 4.81. The van der Waals surface area contributed by atoms with E-state index in [0.717, 1.165) is 4.57 Å². The maximum Gasteiger partial charge on any atom is 0.472 e. The highest BCUT2D eigenvalue weighted by Crippen LogP contribution is 2.50. The number of aromatic nitrogens is 6. The third-order valence-electron chi connectivity index (χ3n) is 6.86. The predicted octanol–water partition coefficient (Wildman–Crippen LogP) is -2.82. The lowest BCUT2D eigenvalue weighted by molar-refractivity contribution is -0.129. The van der Waals surface area contributed by atoms with Crippen LogP contribution in [0.4, 0.5) is 5.82 Å². The van der Waals surface area contributed by atoms with Crippen LogP contribution in [0.3, 0.4) is 0 Å². The minimum absolute atomic E-state index is 0.0650. The number of aliphatic hydroxyl groups excluding tert-OH is 2. The lowest BCUT2D eigenvalue weighted by Gasteiger charge is -2.26. The standard InChI is InChI=1S/C22H29N8O12P/c1-9-3-29(22(35)28-20(9)34)14-2-10(32)12(40-14)5-39-43(36,37)42-16-11(4-31)41-21(17(16)38-6-13(23)33)30-8-27-15-18(24)25-7-26-19(15)30/h3,7-8,10-12,14,16-17,21,31-32H,2,4-6H2,1H3,(H2,23,33)(H,36,37)(H2,24,25,26)(H,28,34,35)/t10-,11+,12+,14+,16+,17+,21+/m0/s1. The van der Waals surface area contributed by atoms with Crippen LogP contribution in [0.25, 0.3) is 11.2 Å². The van der Waals surface area contributed by atoms with E-state index in [2.05, 4.69) is 19.9 Å². The van der Waals surface area contributed by atoms with Crippen molar-refractivity contribution in [2.75, 3.05) is 25.6 Å². The summed E-state index contributed by atoms with van der Waals surface area (Å²) in [5, 5.41) is 20.5. The zero-order valence-electron chi connectivity index (χ0n) is 22.5. The SMILES string of the molecule is Cc1cn([C@H]2C[C@H](O)[C@@H](COP(=O)(O)O[C@H]3[C@@H](OCC(N)=O)[C@H](n4cnc5c(N)ncnc54)O[C@@H]3CO)O2)c(=O)[nH]c1=O. The van der Waals surface area contributed by atoms with Gasteiger partial charge in [0.1, 0.15) is 49.1 Å². The van der Waals surface area contributed by atoms with Crippen molar-refractivity contribution in [2.24, 2.45) is 5.73 Å². The van der Waals surface area contributed by atoms with E-state index < -0.39 is 87.8 Å². The van der Waals surface area contributed by atoms with E-state index >= 15 is 0 Å². The van der Waals surface area contributed by atoms with Crippen LogP contribution in [0, 0.1) is 6.92 Å². The number of carbonyl (C=O) groups is 1. The van der Waals surface area contributed by atoms with Crippen molar-refractivity contribution < 1.29 is 47.7 Å². The average Bonchev–Trinajstić information content (AvgIpc) is 3.63. The molecule has 234 valence electrons. The van der Waals surface area contributed by atoms with E-state index in [0.29, 0.717) is 0 Å². The molecule has 0 radical (unpaired) electrons. The second-order valence-electron chi connectivity index (χ2n) is 9.82. The summed E-state index contributed by atoms with van der Waals surface area (Å²) in [5.41, 5.74) is 10.4. The molecule has 2 aliphatic heterocycles. The number of nitrogens with zero attached hydrogens (tertiary/aromatic N) is 5. The van der Waals surface area contributed by atoms with Crippen molar-refractivity contribution in [3.05, 3.63) is 45.3 Å². The highest BCUT2D eigenvalue weighted by Gasteiger charge is 2.51. The molecule has 0 bridgehead atoms.